The van der Waals surface area contributed by atoms with Gasteiger partial charge in [-0.2, -0.15) is 0 Å². The van der Waals surface area contributed by atoms with Crippen molar-refractivity contribution < 1.29 is 60.5 Å². The number of hydrogen-bond donors (Lipinski definition) is 0. The smallest absolute Gasteiger partial charge is 1.00 e. The number of ether oxygens (including phenoxy) is 2. The number of halogens is 2. The van der Waals surface area contributed by atoms with Gasteiger partial charge in [0.15, 0.2) is 0 Å². The molecule has 0 unspecified atom stereocenters. The second-order valence-corrected chi connectivity index (χ2v) is 8.07. The van der Waals surface area contributed by atoms with E-state index >= 15 is 0 Å². The summed E-state index contributed by atoms with van der Waals surface area (Å²) in [5.41, 5.74) is -0.374. The zero-order chi connectivity index (χ0) is 16.8. The maximum absolute atomic E-state index is 5.97. The molecule has 5 heteroatoms. The van der Waals surface area contributed by atoms with Gasteiger partial charge in [0.2, 0.25) is 0 Å². The molecule has 0 aliphatic rings. The molecule has 26 heavy (non-hydrogen) atoms. The topological polar surface area (TPSA) is 18.5 Å². The number of fused-ring (bicyclic) bond motifs is 3. The molecular formula is C21H25Cl2O2Zr. The Kier molecular flexibility index (Phi) is 8.82. The Balaban J connectivity index is 0.00000208. The summed E-state index contributed by atoms with van der Waals surface area (Å²) in [6.07, 6.45) is 0. The minimum absolute atomic E-state index is 0. The van der Waals surface area contributed by atoms with E-state index in [0.29, 0.717) is 0 Å². The Labute approximate surface area is 187 Å². The first-order chi connectivity index (χ1) is 10.6. The minimum atomic E-state index is -0.187. The molecule has 1 radical (unpaired) electrons. The van der Waals surface area contributed by atoms with Crippen LogP contribution in [0, 0.1) is 0 Å². The Morgan fingerprint density at radius 1 is 0.654 bits per heavy atom. The SMILES string of the molecule is CC(C)(C)Oc1ccc2c(c1)[cH-]c1cc(OC(C)(C)C)ccc12.[Cl-].[Cl-].[Zr+3]. The van der Waals surface area contributed by atoms with E-state index in [2.05, 4.69) is 71.9 Å². The van der Waals surface area contributed by atoms with Gasteiger partial charge in [-0.1, -0.05) is 24.3 Å². The molecule has 0 aromatic heterocycles. The van der Waals surface area contributed by atoms with Crippen molar-refractivity contribution in [3.8, 4) is 11.5 Å². The summed E-state index contributed by atoms with van der Waals surface area (Å²) >= 11 is 0. The zero-order valence-corrected chi connectivity index (χ0v) is 20.1. The summed E-state index contributed by atoms with van der Waals surface area (Å²) in [6, 6.07) is 14.8. The fourth-order valence-electron chi connectivity index (χ4n) is 2.81. The second kappa shape index (κ2) is 9.04. The molecular weight excluding hydrogens is 446 g/mol. The summed E-state index contributed by atoms with van der Waals surface area (Å²) in [4.78, 5) is 0. The van der Waals surface area contributed by atoms with E-state index in [1.807, 2.05) is 12.1 Å². The average Bonchev–Trinajstić information content (AvgIpc) is 2.71. The summed E-state index contributed by atoms with van der Waals surface area (Å²) in [5.74, 6) is 1.82. The Morgan fingerprint density at radius 2 is 1.00 bits per heavy atom. The molecule has 3 aromatic carbocycles. The molecule has 0 heterocycles. The van der Waals surface area contributed by atoms with Crippen LogP contribution in [-0.2, 0) is 26.2 Å². The van der Waals surface area contributed by atoms with E-state index < -0.39 is 0 Å². The molecule has 0 saturated heterocycles. The molecule has 0 saturated carbocycles. The molecule has 3 aromatic rings. The fourth-order valence-corrected chi connectivity index (χ4v) is 2.81. The molecule has 3 rings (SSSR count). The van der Waals surface area contributed by atoms with Crippen molar-refractivity contribution in [2.45, 2.75) is 52.7 Å². The number of benzene rings is 2. The van der Waals surface area contributed by atoms with Crippen LogP contribution in [0.15, 0.2) is 42.5 Å². The average molecular weight is 472 g/mol. The van der Waals surface area contributed by atoms with Gasteiger partial charge < -0.3 is 34.3 Å². The predicted molar refractivity (Wildman–Crippen MR) is 97.8 cm³/mol. The summed E-state index contributed by atoms with van der Waals surface area (Å²) in [6.45, 7) is 12.4. The molecule has 0 aliphatic heterocycles. The largest absolute Gasteiger partial charge is 3.00 e. The van der Waals surface area contributed by atoms with Gasteiger partial charge in [-0.25, -0.2) is 0 Å². The quantitative estimate of drug-likeness (QED) is 0.493. The standard InChI is InChI=1S/C21H25O2.2ClH.Zr/c1-20(2,3)22-16-7-9-18-14(12-16)11-15-13-17(8-10-19(15)18)23-21(4,5)6;;;/h7-13H,1-6H3;2*1H;/q-1;;;+3/p-2. The number of hydrogen-bond acceptors (Lipinski definition) is 2. The summed E-state index contributed by atoms with van der Waals surface area (Å²) < 4.78 is 11.9. The Bertz CT molecular complexity index is 788. The van der Waals surface area contributed by atoms with Crippen LogP contribution >= 0.6 is 0 Å². The van der Waals surface area contributed by atoms with Crippen molar-refractivity contribution in [3.63, 3.8) is 0 Å². The van der Waals surface area contributed by atoms with Gasteiger partial charge in [-0.05, 0) is 53.7 Å². The van der Waals surface area contributed by atoms with Crippen LogP contribution in [0.5, 0.6) is 11.5 Å². The molecule has 0 aliphatic carbocycles. The van der Waals surface area contributed by atoms with Crippen molar-refractivity contribution >= 4 is 21.5 Å². The van der Waals surface area contributed by atoms with E-state index in [1.54, 1.807) is 0 Å². The van der Waals surface area contributed by atoms with Crippen molar-refractivity contribution in [1.29, 1.82) is 0 Å². The molecule has 0 atom stereocenters. The first-order valence-corrected chi connectivity index (χ1v) is 8.12. The molecule has 0 fully saturated rings. The minimum Gasteiger partial charge on any atom is -1.00 e. The van der Waals surface area contributed by atoms with E-state index in [0.717, 1.165) is 11.5 Å². The Hall–Kier alpha value is -0.627. The van der Waals surface area contributed by atoms with E-state index in [-0.39, 0.29) is 62.2 Å². The van der Waals surface area contributed by atoms with Gasteiger partial charge in [0.25, 0.3) is 0 Å². The van der Waals surface area contributed by atoms with Crippen LogP contribution < -0.4 is 34.3 Å². The van der Waals surface area contributed by atoms with Crippen molar-refractivity contribution in [2.75, 3.05) is 0 Å². The predicted octanol–water partition coefficient (Wildman–Crippen LogP) is 0.0720. The third-order valence-corrected chi connectivity index (χ3v) is 3.50. The van der Waals surface area contributed by atoms with Gasteiger partial charge >= 0.3 is 26.2 Å². The molecule has 0 amide bonds. The maximum atomic E-state index is 5.97. The van der Waals surface area contributed by atoms with Crippen LogP contribution in [-0.4, -0.2) is 11.2 Å². The summed E-state index contributed by atoms with van der Waals surface area (Å²) in [5, 5.41) is 4.91. The van der Waals surface area contributed by atoms with Gasteiger partial charge in [0.1, 0.15) is 0 Å². The van der Waals surface area contributed by atoms with Gasteiger partial charge in [0, 0.05) is 0 Å². The Morgan fingerprint density at radius 3 is 1.31 bits per heavy atom. The molecule has 139 valence electrons. The normalized spacial score (nSPS) is 11.3. The van der Waals surface area contributed by atoms with E-state index in [4.69, 9.17) is 9.47 Å². The monoisotopic (exact) mass is 469 g/mol. The van der Waals surface area contributed by atoms with Crippen LogP contribution in [0.25, 0.3) is 21.5 Å². The first-order valence-electron chi connectivity index (χ1n) is 8.12. The fraction of sp³-hybridized carbons (Fsp3) is 0.381. The zero-order valence-electron chi connectivity index (χ0n) is 16.1. The van der Waals surface area contributed by atoms with Gasteiger partial charge in [-0.3, -0.25) is 0 Å². The molecule has 2 nitrogen and oxygen atoms in total. The van der Waals surface area contributed by atoms with Crippen LogP contribution in [0.1, 0.15) is 41.5 Å². The van der Waals surface area contributed by atoms with Crippen molar-refractivity contribution in [3.05, 3.63) is 42.5 Å². The first kappa shape index (κ1) is 25.4. The summed E-state index contributed by atoms with van der Waals surface area (Å²) in [7, 11) is 0. The molecule has 0 spiro atoms. The van der Waals surface area contributed by atoms with Gasteiger partial charge in [0.05, 0.1) is 22.7 Å². The maximum Gasteiger partial charge on any atom is 3.00 e. The third kappa shape index (κ3) is 6.22. The molecule has 0 bridgehead atoms. The van der Waals surface area contributed by atoms with Crippen molar-refractivity contribution in [1.82, 2.24) is 0 Å². The van der Waals surface area contributed by atoms with Crippen LogP contribution in [0.2, 0.25) is 0 Å². The van der Waals surface area contributed by atoms with E-state index in [1.165, 1.54) is 21.5 Å². The van der Waals surface area contributed by atoms with E-state index in [9.17, 15) is 0 Å². The van der Waals surface area contributed by atoms with Crippen LogP contribution in [0.4, 0.5) is 0 Å². The van der Waals surface area contributed by atoms with Crippen molar-refractivity contribution in [2.24, 2.45) is 0 Å². The number of rotatable bonds is 2. The molecule has 0 N–H and O–H groups in total. The van der Waals surface area contributed by atoms with Gasteiger partial charge in [-0.15, -0.1) is 27.6 Å². The van der Waals surface area contributed by atoms with Crippen LogP contribution in [0.3, 0.4) is 0 Å². The second-order valence-electron chi connectivity index (χ2n) is 8.07. The third-order valence-electron chi connectivity index (χ3n) is 3.50.